The van der Waals surface area contributed by atoms with E-state index >= 15 is 0 Å². The minimum Gasteiger partial charge on any atom is -0.293 e. The normalized spacial score (nSPS) is 49.3. The number of hydroxylamine groups is 2. The van der Waals surface area contributed by atoms with Crippen LogP contribution < -0.4 is 0 Å². The van der Waals surface area contributed by atoms with Gasteiger partial charge < -0.3 is 0 Å². The van der Waals surface area contributed by atoms with Crippen LogP contribution in [0.2, 0.25) is 0 Å². The van der Waals surface area contributed by atoms with Gasteiger partial charge in [0, 0.05) is 7.05 Å². The molecule has 0 aromatic rings. The maximum absolute atomic E-state index is 11.2. The summed E-state index contributed by atoms with van der Waals surface area (Å²) in [7, 11) is -1.35. The van der Waals surface area contributed by atoms with Gasteiger partial charge in [-0.3, -0.25) is 9.02 Å². The minimum absolute atomic E-state index is 0.123. The standard InChI is InChI=1S/C15H25NO4S/c1-16-15(8-14(20-16)9-19-21(2,17)18)12-4-10-3-11(6-12)7-13(15)5-10/h10-14H,3-9H2,1-2H3. The molecule has 5 rings (SSSR count). The molecule has 0 amide bonds. The summed E-state index contributed by atoms with van der Waals surface area (Å²) < 4.78 is 27.3. The van der Waals surface area contributed by atoms with Gasteiger partial charge in [-0.1, -0.05) is 0 Å². The largest absolute Gasteiger partial charge is 0.293 e. The molecule has 4 bridgehead atoms. The van der Waals surface area contributed by atoms with Gasteiger partial charge in [0.15, 0.2) is 0 Å². The Kier molecular flexibility index (Phi) is 3.20. The van der Waals surface area contributed by atoms with E-state index in [1.54, 1.807) is 0 Å². The smallest absolute Gasteiger partial charge is 0.264 e. The summed E-state index contributed by atoms with van der Waals surface area (Å²) in [5, 5.41) is 2.08. The molecule has 0 N–H and O–H groups in total. The Balaban J connectivity index is 1.52. The molecule has 5 aliphatic rings. The molecule has 0 aromatic carbocycles. The highest BCUT2D eigenvalue weighted by atomic mass is 32.2. The first-order chi connectivity index (χ1) is 9.87. The molecule has 5 nitrogen and oxygen atoms in total. The van der Waals surface area contributed by atoms with Crippen molar-refractivity contribution >= 4 is 10.1 Å². The van der Waals surface area contributed by atoms with E-state index in [0.29, 0.717) is 0 Å². The quantitative estimate of drug-likeness (QED) is 0.743. The summed E-state index contributed by atoms with van der Waals surface area (Å²) in [6, 6.07) is 0. The highest BCUT2D eigenvalue weighted by Crippen LogP contribution is 2.62. The molecule has 1 saturated heterocycles. The van der Waals surface area contributed by atoms with Crippen LogP contribution in [0.1, 0.15) is 38.5 Å². The fraction of sp³-hybridized carbons (Fsp3) is 1.00. The van der Waals surface area contributed by atoms with Crippen molar-refractivity contribution in [1.29, 1.82) is 0 Å². The lowest BCUT2D eigenvalue weighted by molar-refractivity contribution is -0.229. The van der Waals surface area contributed by atoms with Gasteiger partial charge in [-0.05, 0) is 62.2 Å². The van der Waals surface area contributed by atoms with Gasteiger partial charge in [0.25, 0.3) is 10.1 Å². The van der Waals surface area contributed by atoms with E-state index in [1.165, 1.54) is 32.1 Å². The number of rotatable bonds is 3. The average Bonchev–Trinajstić information content (AvgIpc) is 2.70. The summed E-state index contributed by atoms with van der Waals surface area (Å²) in [4.78, 5) is 5.98. The molecule has 1 atom stereocenters. The van der Waals surface area contributed by atoms with Gasteiger partial charge in [0.2, 0.25) is 0 Å². The summed E-state index contributed by atoms with van der Waals surface area (Å²) in [5.74, 6) is 3.31. The van der Waals surface area contributed by atoms with Crippen LogP contribution in [0.4, 0.5) is 0 Å². The van der Waals surface area contributed by atoms with E-state index in [1.807, 2.05) is 7.05 Å². The summed E-state index contributed by atoms with van der Waals surface area (Å²) >= 11 is 0. The molecular weight excluding hydrogens is 290 g/mol. The van der Waals surface area contributed by atoms with Crippen molar-refractivity contribution in [2.24, 2.45) is 23.7 Å². The van der Waals surface area contributed by atoms with Crippen molar-refractivity contribution in [2.45, 2.75) is 50.2 Å². The Labute approximate surface area is 127 Å². The zero-order valence-corrected chi connectivity index (χ0v) is 13.6. The molecule has 5 fully saturated rings. The molecule has 21 heavy (non-hydrogen) atoms. The first-order valence-corrected chi connectivity index (χ1v) is 9.93. The van der Waals surface area contributed by atoms with E-state index in [-0.39, 0.29) is 18.2 Å². The predicted molar refractivity (Wildman–Crippen MR) is 77.8 cm³/mol. The molecule has 4 saturated carbocycles. The molecule has 1 unspecified atom stereocenters. The van der Waals surface area contributed by atoms with Gasteiger partial charge in [-0.15, -0.1) is 0 Å². The summed E-state index contributed by atoms with van der Waals surface area (Å²) in [6.45, 7) is 0.150. The summed E-state index contributed by atoms with van der Waals surface area (Å²) in [5.41, 5.74) is 0.138. The lowest BCUT2D eigenvalue weighted by atomic mass is 9.47. The van der Waals surface area contributed by atoms with E-state index in [0.717, 1.165) is 36.3 Å². The summed E-state index contributed by atoms with van der Waals surface area (Å²) in [6.07, 6.45) is 8.68. The van der Waals surface area contributed by atoms with Gasteiger partial charge in [-0.2, -0.15) is 13.5 Å². The lowest BCUT2D eigenvalue weighted by Crippen LogP contribution is -2.62. The second kappa shape index (κ2) is 4.66. The van der Waals surface area contributed by atoms with Crippen LogP contribution >= 0.6 is 0 Å². The van der Waals surface area contributed by atoms with E-state index < -0.39 is 10.1 Å². The average molecular weight is 315 g/mol. The van der Waals surface area contributed by atoms with Crippen molar-refractivity contribution < 1.29 is 17.4 Å². The lowest BCUT2D eigenvalue weighted by Gasteiger charge is -2.61. The molecular formula is C15H25NO4S. The van der Waals surface area contributed by atoms with E-state index in [2.05, 4.69) is 5.06 Å². The van der Waals surface area contributed by atoms with Crippen LogP contribution in [0, 0.1) is 23.7 Å². The fourth-order valence-corrected chi connectivity index (χ4v) is 6.39. The third-order valence-corrected chi connectivity index (χ3v) is 7.03. The third-order valence-electron chi connectivity index (χ3n) is 6.47. The third kappa shape index (κ3) is 2.26. The molecule has 4 aliphatic carbocycles. The van der Waals surface area contributed by atoms with E-state index in [4.69, 9.17) is 9.02 Å². The monoisotopic (exact) mass is 315 g/mol. The predicted octanol–water partition coefficient (Wildman–Crippen LogP) is 1.79. The number of hydrogen-bond donors (Lipinski definition) is 0. The van der Waals surface area contributed by atoms with Crippen molar-refractivity contribution in [3.05, 3.63) is 0 Å². The second-order valence-corrected chi connectivity index (χ2v) is 9.36. The van der Waals surface area contributed by atoms with Gasteiger partial charge in [-0.25, -0.2) is 0 Å². The molecule has 120 valence electrons. The zero-order valence-electron chi connectivity index (χ0n) is 12.8. The zero-order chi connectivity index (χ0) is 14.8. The van der Waals surface area contributed by atoms with Crippen molar-refractivity contribution in [3.8, 4) is 0 Å². The van der Waals surface area contributed by atoms with Crippen LogP contribution in [0.25, 0.3) is 0 Å². The van der Waals surface area contributed by atoms with E-state index in [9.17, 15) is 8.42 Å². The fourth-order valence-electron chi connectivity index (χ4n) is 5.99. The topological polar surface area (TPSA) is 55.8 Å². The van der Waals surface area contributed by atoms with Crippen LogP contribution in [0.3, 0.4) is 0 Å². The maximum Gasteiger partial charge on any atom is 0.264 e. The van der Waals surface area contributed by atoms with Crippen LogP contribution in [-0.4, -0.2) is 45.0 Å². The van der Waals surface area contributed by atoms with Gasteiger partial charge in [0.1, 0.15) is 6.10 Å². The highest BCUT2D eigenvalue weighted by Gasteiger charge is 2.62. The minimum atomic E-state index is -3.39. The Hall–Kier alpha value is -0.170. The molecule has 1 spiro atoms. The molecule has 0 radical (unpaired) electrons. The van der Waals surface area contributed by atoms with Gasteiger partial charge >= 0.3 is 0 Å². The highest BCUT2D eigenvalue weighted by molar-refractivity contribution is 7.85. The molecule has 1 aliphatic heterocycles. The van der Waals surface area contributed by atoms with Crippen molar-refractivity contribution in [3.63, 3.8) is 0 Å². The van der Waals surface area contributed by atoms with Crippen molar-refractivity contribution in [2.75, 3.05) is 19.9 Å². The Morgan fingerprint density at radius 3 is 2.24 bits per heavy atom. The van der Waals surface area contributed by atoms with Crippen LogP contribution in [0.15, 0.2) is 0 Å². The van der Waals surface area contributed by atoms with Crippen LogP contribution in [-0.2, 0) is 19.1 Å². The van der Waals surface area contributed by atoms with Gasteiger partial charge in [0.05, 0.1) is 18.4 Å². The second-order valence-electron chi connectivity index (χ2n) is 7.71. The number of hydrogen-bond acceptors (Lipinski definition) is 5. The molecule has 1 heterocycles. The maximum atomic E-state index is 11.2. The Morgan fingerprint density at radius 1 is 1.14 bits per heavy atom. The van der Waals surface area contributed by atoms with Crippen LogP contribution in [0.5, 0.6) is 0 Å². The SMILES string of the molecule is CN1OC(COS(C)(=O)=O)CC12C1CC3CC(C1)CC2C3. The first-order valence-electron chi connectivity index (χ1n) is 8.12. The first kappa shape index (κ1) is 14.4. The Bertz CT molecular complexity index is 504. The Morgan fingerprint density at radius 2 is 1.71 bits per heavy atom. The number of nitrogens with zero attached hydrogens (tertiary/aromatic N) is 1. The molecule has 6 heteroatoms. The molecule has 0 aromatic heterocycles. The van der Waals surface area contributed by atoms with Crippen molar-refractivity contribution in [1.82, 2.24) is 5.06 Å².